The summed E-state index contributed by atoms with van der Waals surface area (Å²) in [6.07, 6.45) is 3.07. The van der Waals surface area contributed by atoms with E-state index >= 15 is 0 Å². The lowest BCUT2D eigenvalue weighted by Gasteiger charge is -2.31. The Hall–Kier alpha value is -2.75. The van der Waals surface area contributed by atoms with Gasteiger partial charge >= 0.3 is 6.09 Å². The predicted octanol–water partition coefficient (Wildman–Crippen LogP) is 4.52. The molecule has 0 bridgehead atoms. The van der Waals surface area contributed by atoms with Crippen LogP contribution in [-0.4, -0.2) is 62.1 Å². The number of hydrogen-bond donors (Lipinski definition) is 2. The second-order valence-corrected chi connectivity index (χ2v) is 8.98. The van der Waals surface area contributed by atoms with Gasteiger partial charge in [-0.25, -0.2) is 14.8 Å². The fourth-order valence-electron chi connectivity index (χ4n) is 3.22. The van der Waals surface area contributed by atoms with Gasteiger partial charge in [-0.05, 0) is 45.1 Å². The van der Waals surface area contributed by atoms with Gasteiger partial charge in [0.2, 0.25) is 5.75 Å². The van der Waals surface area contributed by atoms with Crippen LogP contribution in [0.5, 0.6) is 11.6 Å². The lowest BCUT2D eigenvalue weighted by Crippen LogP contribution is -2.42. The average molecular weight is 462 g/mol. The zero-order chi connectivity index (χ0) is 23.1. The molecule has 1 aliphatic heterocycles. The van der Waals surface area contributed by atoms with E-state index < -0.39 is 0 Å². The monoisotopic (exact) mass is 461 g/mol. The molecule has 2 aromatic heterocycles. The van der Waals surface area contributed by atoms with Crippen molar-refractivity contribution in [1.29, 1.82) is 0 Å². The van der Waals surface area contributed by atoms with Crippen LogP contribution in [0.15, 0.2) is 23.5 Å². The Morgan fingerprint density at radius 2 is 2.06 bits per heavy atom. The van der Waals surface area contributed by atoms with Crippen molar-refractivity contribution in [3.05, 3.63) is 24.2 Å². The summed E-state index contributed by atoms with van der Waals surface area (Å²) in [5.41, 5.74) is 1.56. The summed E-state index contributed by atoms with van der Waals surface area (Å²) in [6.45, 7) is 8.76. The van der Waals surface area contributed by atoms with Crippen molar-refractivity contribution in [3.8, 4) is 11.6 Å². The molecule has 1 fully saturated rings. The molecule has 9 nitrogen and oxygen atoms in total. The van der Waals surface area contributed by atoms with Crippen molar-refractivity contribution >= 4 is 29.4 Å². The zero-order valence-electron chi connectivity index (χ0n) is 19.0. The van der Waals surface area contributed by atoms with Gasteiger partial charge in [0.1, 0.15) is 12.4 Å². The molecule has 0 spiro atoms. The first-order valence-electron chi connectivity index (χ1n) is 10.9. The standard InChI is InChI=1S/C22H31N5O4S/c1-5-12-32-18-7-6-17(15(4)25-18)26-20-19(28)21(24-13-23-20)31-16-8-10-27(11-9-16)22(29)30-14(2)3/h6-7,13-14,16,28H,5,8-12H2,1-4H3,(H,23,24,26). The number of aromatic nitrogens is 3. The third-order valence-electron chi connectivity index (χ3n) is 4.87. The lowest BCUT2D eigenvalue weighted by molar-refractivity contribution is 0.0500. The number of amides is 1. The highest BCUT2D eigenvalue weighted by Crippen LogP contribution is 2.34. The number of carbonyl (C=O) groups is 1. The number of ether oxygens (including phenoxy) is 2. The van der Waals surface area contributed by atoms with Crippen LogP contribution in [0.2, 0.25) is 0 Å². The van der Waals surface area contributed by atoms with E-state index in [1.165, 1.54) is 6.33 Å². The maximum absolute atomic E-state index is 12.0. The minimum absolute atomic E-state index is 0.117. The fourth-order valence-corrected chi connectivity index (χ4v) is 3.99. The summed E-state index contributed by atoms with van der Waals surface area (Å²) in [7, 11) is 0. The van der Waals surface area contributed by atoms with Crippen molar-refractivity contribution in [2.24, 2.45) is 0 Å². The van der Waals surface area contributed by atoms with E-state index in [2.05, 4.69) is 27.2 Å². The van der Waals surface area contributed by atoms with Gasteiger partial charge in [-0.3, -0.25) is 0 Å². The minimum atomic E-state index is -0.307. The molecule has 2 aromatic rings. The van der Waals surface area contributed by atoms with Gasteiger partial charge in [-0.2, -0.15) is 4.98 Å². The largest absolute Gasteiger partial charge is 0.501 e. The van der Waals surface area contributed by atoms with Crippen LogP contribution in [0.3, 0.4) is 0 Å². The number of nitrogens with zero attached hydrogens (tertiary/aromatic N) is 4. The quantitative estimate of drug-likeness (QED) is 0.548. The number of aromatic hydroxyl groups is 1. The Kier molecular flexibility index (Phi) is 8.38. The molecule has 0 unspecified atom stereocenters. The second-order valence-electron chi connectivity index (χ2n) is 7.87. The molecule has 0 radical (unpaired) electrons. The van der Waals surface area contributed by atoms with Crippen LogP contribution in [0, 0.1) is 6.92 Å². The van der Waals surface area contributed by atoms with Crippen LogP contribution in [0.4, 0.5) is 16.3 Å². The number of hydrogen-bond acceptors (Lipinski definition) is 9. The highest BCUT2D eigenvalue weighted by atomic mass is 32.2. The summed E-state index contributed by atoms with van der Waals surface area (Å²) in [5, 5.41) is 14.7. The van der Waals surface area contributed by atoms with Crippen molar-refractivity contribution in [1.82, 2.24) is 19.9 Å². The molecule has 3 heterocycles. The Balaban J connectivity index is 1.61. The first kappa shape index (κ1) is 23.9. The van der Waals surface area contributed by atoms with Crippen LogP contribution in [0.25, 0.3) is 0 Å². The number of aryl methyl sites for hydroxylation is 1. The molecular weight excluding hydrogens is 430 g/mol. The number of piperidine rings is 1. The average Bonchev–Trinajstić information content (AvgIpc) is 2.76. The smallest absolute Gasteiger partial charge is 0.410 e. The second kappa shape index (κ2) is 11.2. The lowest BCUT2D eigenvalue weighted by atomic mass is 10.1. The minimum Gasteiger partial charge on any atom is -0.501 e. The molecule has 0 aliphatic carbocycles. The van der Waals surface area contributed by atoms with Gasteiger partial charge in [-0.15, -0.1) is 11.8 Å². The van der Waals surface area contributed by atoms with E-state index in [0.717, 1.165) is 28.6 Å². The van der Waals surface area contributed by atoms with Crippen LogP contribution in [0.1, 0.15) is 45.7 Å². The maximum atomic E-state index is 12.0. The molecule has 0 saturated carbocycles. The number of thioether (sulfide) groups is 1. The zero-order valence-corrected chi connectivity index (χ0v) is 19.8. The molecule has 3 rings (SSSR count). The molecule has 32 heavy (non-hydrogen) atoms. The van der Waals surface area contributed by atoms with Crippen molar-refractivity contribution in [2.75, 3.05) is 24.2 Å². The van der Waals surface area contributed by atoms with Crippen LogP contribution < -0.4 is 10.1 Å². The topological polar surface area (TPSA) is 110 Å². The molecule has 2 N–H and O–H groups in total. The molecule has 1 amide bonds. The third-order valence-corrected chi connectivity index (χ3v) is 6.01. The van der Waals surface area contributed by atoms with Crippen LogP contribution >= 0.6 is 11.8 Å². The normalized spacial score (nSPS) is 14.5. The van der Waals surface area contributed by atoms with E-state index in [0.29, 0.717) is 25.9 Å². The number of rotatable bonds is 8. The third kappa shape index (κ3) is 6.38. The van der Waals surface area contributed by atoms with Crippen molar-refractivity contribution in [2.45, 2.75) is 64.2 Å². The van der Waals surface area contributed by atoms with E-state index in [1.54, 1.807) is 16.7 Å². The summed E-state index contributed by atoms with van der Waals surface area (Å²) < 4.78 is 11.2. The fraction of sp³-hybridized carbons (Fsp3) is 0.545. The molecule has 10 heteroatoms. The van der Waals surface area contributed by atoms with E-state index in [4.69, 9.17) is 9.47 Å². The van der Waals surface area contributed by atoms with E-state index in [-0.39, 0.29) is 35.7 Å². The van der Waals surface area contributed by atoms with Gasteiger partial charge in [0.05, 0.1) is 22.5 Å². The number of pyridine rings is 1. The number of carbonyl (C=O) groups excluding carboxylic acids is 1. The first-order chi connectivity index (χ1) is 15.4. The predicted molar refractivity (Wildman–Crippen MR) is 124 cm³/mol. The summed E-state index contributed by atoms with van der Waals surface area (Å²) in [4.78, 5) is 26.5. The molecule has 0 aromatic carbocycles. The number of nitrogens with one attached hydrogen (secondary N) is 1. The Bertz CT molecular complexity index is 919. The maximum Gasteiger partial charge on any atom is 0.410 e. The van der Waals surface area contributed by atoms with Gasteiger partial charge in [0, 0.05) is 25.9 Å². The Labute approximate surface area is 193 Å². The molecule has 1 saturated heterocycles. The van der Waals surface area contributed by atoms with Gasteiger partial charge in [-0.1, -0.05) is 6.92 Å². The molecule has 174 valence electrons. The number of anilines is 2. The van der Waals surface area contributed by atoms with Crippen molar-refractivity contribution in [3.63, 3.8) is 0 Å². The Morgan fingerprint density at radius 3 is 2.72 bits per heavy atom. The van der Waals surface area contributed by atoms with E-state index in [9.17, 15) is 9.90 Å². The molecular formula is C22H31N5O4S. The highest BCUT2D eigenvalue weighted by Gasteiger charge is 2.27. The molecule has 1 aliphatic rings. The van der Waals surface area contributed by atoms with E-state index in [1.807, 2.05) is 32.9 Å². The van der Waals surface area contributed by atoms with Gasteiger partial charge in [0.25, 0.3) is 5.88 Å². The SMILES string of the molecule is CCCSc1ccc(Nc2ncnc(OC3CCN(C(=O)OC(C)C)CC3)c2O)c(C)n1. The van der Waals surface area contributed by atoms with Crippen molar-refractivity contribution < 1.29 is 19.4 Å². The Morgan fingerprint density at radius 1 is 1.31 bits per heavy atom. The summed E-state index contributed by atoms with van der Waals surface area (Å²) in [5.74, 6) is 1.24. The van der Waals surface area contributed by atoms with Gasteiger partial charge < -0.3 is 24.8 Å². The van der Waals surface area contributed by atoms with Gasteiger partial charge in [0.15, 0.2) is 5.82 Å². The summed E-state index contributed by atoms with van der Waals surface area (Å²) >= 11 is 1.71. The highest BCUT2D eigenvalue weighted by molar-refractivity contribution is 7.99. The van der Waals surface area contributed by atoms with Crippen LogP contribution in [-0.2, 0) is 4.74 Å². The summed E-state index contributed by atoms with van der Waals surface area (Å²) in [6, 6.07) is 3.87. The number of likely N-dealkylation sites (tertiary alicyclic amines) is 1. The molecule has 0 atom stereocenters. The first-order valence-corrected chi connectivity index (χ1v) is 11.9.